The first kappa shape index (κ1) is 25.7. The van der Waals surface area contributed by atoms with Gasteiger partial charge in [0.15, 0.2) is 5.82 Å². The molecule has 3 heterocycles. The summed E-state index contributed by atoms with van der Waals surface area (Å²) in [4.78, 5) is 46.2. The van der Waals surface area contributed by atoms with Crippen molar-refractivity contribution in [3.8, 4) is 23.0 Å². The van der Waals surface area contributed by atoms with Crippen molar-refractivity contribution in [3.05, 3.63) is 59.4 Å². The molecule has 0 spiro atoms. The van der Waals surface area contributed by atoms with Gasteiger partial charge in [-0.15, -0.1) is 0 Å². The Kier molecular flexibility index (Phi) is 6.68. The van der Waals surface area contributed by atoms with Crippen LogP contribution in [0.2, 0.25) is 0 Å². The SMILES string of the molecule is O=C(NC1CC(=O)N(C2CC2)C1)c1ccc(CN2CCCC2=O)c(Oc2ccc(-c3nc(C4CCC4)no3)cc2)c1. The minimum atomic E-state index is -0.247. The lowest BCUT2D eigenvalue weighted by Crippen LogP contribution is -2.37. The van der Waals surface area contributed by atoms with Crippen LogP contribution in [0.3, 0.4) is 0 Å². The highest BCUT2D eigenvalue weighted by Crippen LogP contribution is 2.36. The summed E-state index contributed by atoms with van der Waals surface area (Å²) in [6, 6.07) is 12.9. The summed E-state index contributed by atoms with van der Waals surface area (Å²) in [5.74, 6) is 2.72. The highest BCUT2D eigenvalue weighted by atomic mass is 16.5. The summed E-state index contributed by atoms with van der Waals surface area (Å²) in [5, 5.41) is 7.17. The van der Waals surface area contributed by atoms with Crippen molar-refractivity contribution in [1.82, 2.24) is 25.3 Å². The third-order valence-electron chi connectivity index (χ3n) is 8.58. The van der Waals surface area contributed by atoms with E-state index >= 15 is 0 Å². The minimum Gasteiger partial charge on any atom is -0.457 e. The first-order valence-corrected chi connectivity index (χ1v) is 14.6. The number of nitrogens with zero attached hydrogens (tertiary/aromatic N) is 4. The summed E-state index contributed by atoms with van der Waals surface area (Å²) in [6.07, 6.45) is 7.22. The fraction of sp³-hybridized carbons (Fsp3) is 0.452. The van der Waals surface area contributed by atoms with Gasteiger partial charge in [0.1, 0.15) is 11.5 Å². The van der Waals surface area contributed by atoms with Crippen LogP contribution in [-0.4, -0.2) is 62.8 Å². The number of likely N-dealkylation sites (tertiary alicyclic amines) is 2. The lowest BCUT2D eigenvalue weighted by Gasteiger charge is -2.20. The second kappa shape index (κ2) is 10.6. The maximum atomic E-state index is 13.2. The molecule has 10 nitrogen and oxygen atoms in total. The number of amides is 3. The van der Waals surface area contributed by atoms with Crippen molar-refractivity contribution >= 4 is 17.7 Å². The van der Waals surface area contributed by atoms with Crippen LogP contribution in [0.5, 0.6) is 11.5 Å². The van der Waals surface area contributed by atoms with Crippen LogP contribution in [0.25, 0.3) is 11.5 Å². The van der Waals surface area contributed by atoms with Crippen molar-refractivity contribution in [2.75, 3.05) is 13.1 Å². The quantitative estimate of drug-likeness (QED) is 0.416. The van der Waals surface area contributed by atoms with Gasteiger partial charge in [0.2, 0.25) is 11.8 Å². The fourth-order valence-electron chi connectivity index (χ4n) is 5.81. The Hall–Kier alpha value is -4.21. The molecule has 10 heteroatoms. The molecular formula is C31H33N5O5. The van der Waals surface area contributed by atoms with E-state index < -0.39 is 0 Å². The summed E-state index contributed by atoms with van der Waals surface area (Å²) < 4.78 is 11.8. The van der Waals surface area contributed by atoms with Crippen LogP contribution in [0.1, 0.15) is 79.0 Å². The lowest BCUT2D eigenvalue weighted by molar-refractivity contribution is -0.129. The molecule has 1 unspecified atom stereocenters. The van der Waals surface area contributed by atoms with E-state index in [0.717, 1.165) is 49.1 Å². The molecule has 7 rings (SSSR count). The van der Waals surface area contributed by atoms with Crippen LogP contribution < -0.4 is 10.1 Å². The summed E-state index contributed by atoms with van der Waals surface area (Å²) in [7, 11) is 0. The first-order chi connectivity index (χ1) is 20.0. The van der Waals surface area contributed by atoms with Crippen molar-refractivity contribution < 1.29 is 23.6 Å². The molecule has 2 aliphatic carbocycles. The van der Waals surface area contributed by atoms with Crippen molar-refractivity contribution in [1.29, 1.82) is 0 Å². The fourth-order valence-corrected chi connectivity index (χ4v) is 5.81. The van der Waals surface area contributed by atoms with E-state index in [4.69, 9.17) is 9.26 Å². The Morgan fingerprint density at radius 2 is 1.85 bits per heavy atom. The van der Waals surface area contributed by atoms with Gasteiger partial charge >= 0.3 is 0 Å². The Morgan fingerprint density at radius 1 is 1.02 bits per heavy atom. The predicted octanol–water partition coefficient (Wildman–Crippen LogP) is 4.41. The predicted molar refractivity (Wildman–Crippen MR) is 148 cm³/mol. The molecule has 212 valence electrons. The molecule has 1 aromatic heterocycles. The Labute approximate surface area is 238 Å². The summed E-state index contributed by atoms with van der Waals surface area (Å²) >= 11 is 0. The van der Waals surface area contributed by atoms with E-state index in [1.807, 2.05) is 40.1 Å². The molecule has 2 aromatic carbocycles. The number of ether oxygens (including phenoxy) is 1. The average molecular weight is 556 g/mol. The number of rotatable bonds is 9. The topological polar surface area (TPSA) is 118 Å². The zero-order valence-electron chi connectivity index (χ0n) is 22.9. The van der Waals surface area contributed by atoms with Gasteiger partial charge < -0.3 is 24.4 Å². The normalized spacial score (nSPS) is 20.9. The standard InChI is InChI=1S/C31H33N5O5/c37-27-5-2-14-35(27)17-22-7-6-21(30(39)32-23-16-28(38)36(18-23)24-10-11-24)15-26(22)40-25-12-8-20(9-13-25)31-33-29(34-41-31)19-3-1-4-19/h6-9,12-13,15,19,23-24H,1-5,10-11,14,16-18H2,(H,32,39). The van der Waals surface area contributed by atoms with E-state index in [-0.39, 0.29) is 23.8 Å². The molecule has 1 atom stereocenters. The second-order valence-corrected chi connectivity index (χ2v) is 11.6. The molecular weight excluding hydrogens is 522 g/mol. The average Bonchev–Trinajstić information content (AvgIpc) is 3.34. The smallest absolute Gasteiger partial charge is 0.257 e. The lowest BCUT2D eigenvalue weighted by atomic mass is 9.85. The highest BCUT2D eigenvalue weighted by molar-refractivity contribution is 5.95. The van der Waals surface area contributed by atoms with Crippen LogP contribution in [-0.2, 0) is 16.1 Å². The molecule has 2 saturated heterocycles. The maximum Gasteiger partial charge on any atom is 0.257 e. The molecule has 0 bridgehead atoms. The van der Waals surface area contributed by atoms with Crippen LogP contribution >= 0.6 is 0 Å². The second-order valence-electron chi connectivity index (χ2n) is 11.6. The number of hydrogen-bond acceptors (Lipinski definition) is 7. The molecule has 1 N–H and O–H groups in total. The van der Waals surface area contributed by atoms with E-state index in [1.165, 1.54) is 6.42 Å². The number of benzene rings is 2. The molecule has 2 saturated carbocycles. The van der Waals surface area contributed by atoms with E-state index in [0.29, 0.717) is 67.4 Å². The largest absolute Gasteiger partial charge is 0.457 e. The molecule has 3 aromatic rings. The molecule has 4 fully saturated rings. The van der Waals surface area contributed by atoms with Gasteiger partial charge in [0.25, 0.3) is 11.8 Å². The van der Waals surface area contributed by atoms with E-state index in [1.54, 1.807) is 12.1 Å². The number of nitrogens with one attached hydrogen (secondary N) is 1. The Balaban J connectivity index is 1.09. The van der Waals surface area contributed by atoms with Crippen LogP contribution in [0.4, 0.5) is 0 Å². The number of carbonyl (C=O) groups is 3. The molecule has 4 aliphatic rings. The maximum absolute atomic E-state index is 13.2. The monoisotopic (exact) mass is 555 g/mol. The molecule has 2 aliphatic heterocycles. The van der Waals surface area contributed by atoms with Gasteiger partial charge in [0.05, 0.1) is 6.04 Å². The molecule has 0 radical (unpaired) electrons. The zero-order chi connectivity index (χ0) is 27.9. The number of carbonyl (C=O) groups excluding carboxylic acids is 3. The number of hydrogen-bond donors (Lipinski definition) is 1. The van der Waals surface area contributed by atoms with Gasteiger partial charge in [-0.3, -0.25) is 14.4 Å². The highest BCUT2D eigenvalue weighted by Gasteiger charge is 2.39. The third-order valence-corrected chi connectivity index (χ3v) is 8.58. The molecule has 41 heavy (non-hydrogen) atoms. The van der Waals surface area contributed by atoms with Gasteiger partial charge in [-0.2, -0.15) is 4.98 Å². The van der Waals surface area contributed by atoms with E-state index in [2.05, 4.69) is 15.5 Å². The van der Waals surface area contributed by atoms with Gasteiger partial charge in [0, 0.05) is 61.1 Å². The summed E-state index contributed by atoms with van der Waals surface area (Å²) in [5.41, 5.74) is 2.07. The van der Waals surface area contributed by atoms with Crippen molar-refractivity contribution in [3.63, 3.8) is 0 Å². The van der Waals surface area contributed by atoms with Crippen LogP contribution in [0.15, 0.2) is 47.0 Å². The van der Waals surface area contributed by atoms with Gasteiger partial charge in [-0.05, 0) is 68.5 Å². The minimum absolute atomic E-state index is 0.107. The zero-order valence-corrected chi connectivity index (χ0v) is 22.9. The Bertz CT molecular complexity index is 1480. The number of aromatic nitrogens is 2. The summed E-state index contributed by atoms with van der Waals surface area (Å²) in [6.45, 7) is 1.67. The van der Waals surface area contributed by atoms with Gasteiger partial charge in [-0.1, -0.05) is 17.6 Å². The Morgan fingerprint density at radius 3 is 2.56 bits per heavy atom. The van der Waals surface area contributed by atoms with Gasteiger partial charge in [-0.25, -0.2) is 0 Å². The molecule has 3 amide bonds. The van der Waals surface area contributed by atoms with E-state index in [9.17, 15) is 14.4 Å². The van der Waals surface area contributed by atoms with Crippen molar-refractivity contribution in [2.45, 2.75) is 75.9 Å². The third kappa shape index (κ3) is 5.42. The van der Waals surface area contributed by atoms with Crippen molar-refractivity contribution in [2.24, 2.45) is 0 Å². The van der Waals surface area contributed by atoms with Crippen LogP contribution in [0, 0.1) is 0 Å². The first-order valence-electron chi connectivity index (χ1n) is 14.6.